The molecule has 0 aliphatic carbocycles. The summed E-state index contributed by atoms with van der Waals surface area (Å²) in [5.74, 6) is 0.131. The van der Waals surface area contributed by atoms with Gasteiger partial charge in [-0.3, -0.25) is 4.74 Å². The van der Waals surface area contributed by atoms with Crippen molar-refractivity contribution in [1.29, 1.82) is 0 Å². The maximum atomic E-state index is 11.6. The molecule has 5 heteroatoms. The smallest absolute Gasteiger partial charge is 0.300 e. The minimum Gasteiger partial charge on any atom is -0.300 e. The second-order valence-corrected chi connectivity index (χ2v) is 3.72. The van der Waals surface area contributed by atoms with Crippen LogP contribution in [-0.2, 0) is 9.53 Å². The van der Waals surface area contributed by atoms with E-state index < -0.39 is 13.0 Å². The van der Waals surface area contributed by atoms with Crippen LogP contribution in [0.2, 0.25) is 0 Å². The molecule has 0 aromatic rings. The molecule has 0 atom stereocenters. The maximum Gasteiger partial charge on any atom is 0.522 e. The van der Waals surface area contributed by atoms with Gasteiger partial charge in [0.1, 0.15) is 5.78 Å². The summed E-state index contributed by atoms with van der Waals surface area (Å²) in [7, 11) is 0. The third-order valence-electron chi connectivity index (χ3n) is 1.98. The number of carbonyl (C=O) groups is 1. The number of ether oxygens (including phenoxy) is 1. The van der Waals surface area contributed by atoms with Crippen molar-refractivity contribution in [3.63, 3.8) is 0 Å². The summed E-state index contributed by atoms with van der Waals surface area (Å²) >= 11 is 0. The van der Waals surface area contributed by atoms with Gasteiger partial charge in [-0.1, -0.05) is 23.8 Å². The molecule has 0 bridgehead atoms. The Morgan fingerprint density at radius 1 is 1.16 bits per heavy atom. The number of halogens is 3. The van der Waals surface area contributed by atoms with E-state index in [1.165, 1.54) is 13.0 Å². The monoisotopic (exact) mass is 276 g/mol. The summed E-state index contributed by atoms with van der Waals surface area (Å²) in [6.07, 6.45) is 9.98. The van der Waals surface area contributed by atoms with E-state index in [1.807, 2.05) is 13.0 Å². The fourth-order valence-corrected chi connectivity index (χ4v) is 1.05. The first kappa shape index (κ1) is 19.8. The quantitative estimate of drug-likeness (QED) is 0.518. The van der Waals surface area contributed by atoms with Crippen LogP contribution < -0.4 is 0 Å². The van der Waals surface area contributed by atoms with Crippen LogP contribution >= 0.6 is 0 Å². The molecule has 0 saturated heterocycles. The molecule has 0 unspecified atom stereocenters. The number of rotatable bonds is 7. The average molecular weight is 276 g/mol. The Hall–Kier alpha value is -1.54. The van der Waals surface area contributed by atoms with Crippen molar-refractivity contribution in [1.82, 2.24) is 0 Å². The number of allylic oxidation sites excluding steroid dienone is 3. The van der Waals surface area contributed by atoms with Gasteiger partial charge in [-0.15, -0.1) is 26.0 Å². The van der Waals surface area contributed by atoms with E-state index in [4.69, 9.17) is 0 Å². The van der Waals surface area contributed by atoms with E-state index in [0.717, 1.165) is 5.57 Å². The lowest BCUT2D eigenvalue weighted by Gasteiger charge is -2.03. The molecule has 0 N–H and O–H groups in total. The predicted molar refractivity (Wildman–Crippen MR) is 69.3 cm³/mol. The van der Waals surface area contributed by atoms with E-state index in [1.54, 1.807) is 6.08 Å². The largest absolute Gasteiger partial charge is 0.522 e. The van der Waals surface area contributed by atoms with Gasteiger partial charge in [-0.2, -0.15) is 0 Å². The van der Waals surface area contributed by atoms with Gasteiger partial charge in [0.15, 0.2) is 0 Å². The van der Waals surface area contributed by atoms with Crippen LogP contribution in [0.3, 0.4) is 0 Å². The fraction of sp³-hybridized carbons (Fsp3) is 0.500. The van der Waals surface area contributed by atoms with Crippen molar-refractivity contribution >= 4 is 5.78 Å². The van der Waals surface area contributed by atoms with Gasteiger partial charge in [-0.05, 0) is 26.7 Å². The molecule has 0 fully saturated rings. The number of hydrogen-bond donors (Lipinski definition) is 0. The number of ketones is 1. The molecular weight excluding hydrogens is 257 g/mol. The highest BCUT2D eigenvalue weighted by molar-refractivity contribution is 5.75. The van der Waals surface area contributed by atoms with Crippen molar-refractivity contribution in [3.05, 3.63) is 23.8 Å². The van der Waals surface area contributed by atoms with Gasteiger partial charge >= 0.3 is 6.36 Å². The molecule has 0 rings (SSSR count). The second kappa shape index (κ2) is 11.5. The second-order valence-electron chi connectivity index (χ2n) is 3.72. The molecule has 2 nitrogen and oxygen atoms in total. The zero-order valence-corrected chi connectivity index (χ0v) is 11.2. The van der Waals surface area contributed by atoms with Gasteiger partial charge in [0, 0.05) is 6.42 Å². The molecule has 0 aromatic carbocycles. The summed E-state index contributed by atoms with van der Waals surface area (Å²) in [5.41, 5.74) is 1.06. The van der Waals surface area contributed by atoms with Crippen molar-refractivity contribution in [2.75, 3.05) is 6.61 Å². The van der Waals surface area contributed by atoms with Crippen LogP contribution in [0.4, 0.5) is 13.2 Å². The van der Waals surface area contributed by atoms with Gasteiger partial charge in [-0.25, -0.2) is 0 Å². The van der Waals surface area contributed by atoms with Crippen LogP contribution in [0, 0.1) is 12.8 Å². The molecule has 0 aliphatic heterocycles. The Morgan fingerprint density at radius 3 is 2.21 bits per heavy atom. The van der Waals surface area contributed by atoms with Gasteiger partial charge in [0.2, 0.25) is 0 Å². The average Bonchev–Trinajstić information content (AvgIpc) is 2.32. The molecule has 108 valence electrons. The Kier molecular flexibility index (Phi) is 12.0. The number of terminal acetylenes is 1. The van der Waals surface area contributed by atoms with Gasteiger partial charge in [0.25, 0.3) is 0 Å². The van der Waals surface area contributed by atoms with Crippen LogP contribution in [0.5, 0.6) is 0 Å². The van der Waals surface area contributed by atoms with E-state index in [2.05, 4.69) is 17.6 Å². The van der Waals surface area contributed by atoms with Gasteiger partial charge < -0.3 is 4.79 Å². The topological polar surface area (TPSA) is 26.3 Å². The number of carbonyl (C=O) groups excluding carboxylic acids is 1. The highest BCUT2D eigenvalue weighted by Gasteiger charge is 2.27. The first-order chi connectivity index (χ1) is 8.81. The molecule has 0 aromatic heterocycles. The number of alkyl halides is 3. The summed E-state index contributed by atoms with van der Waals surface area (Å²) in [6.45, 7) is 2.95. The minimum absolute atomic E-state index is 0.131. The third-order valence-corrected chi connectivity index (χ3v) is 1.98. The zero-order valence-electron chi connectivity index (χ0n) is 11.2. The van der Waals surface area contributed by atoms with Crippen molar-refractivity contribution < 1.29 is 22.7 Å². The van der Waals surface area contributed by atoms with Crippen molar-refractivity contribution in [2.24, 2.45) is 0 Å². The highest BCUT2D eigenvalue weighted by atomic mass is 19.4. The highest BCUT2D eigenvalue weighted by Crippen LogP contribution is 2.15. The first-order valence-corrected chi connectivity index (χ1v) is 5.65. The van der Waals surface area contributed by atoms with E-state index in [-0.39, 0.29) is 5.78 Å². The lowest BCUT2D eigenvalue weighted by Crippen LogP contribution is -2.12. The standard InChI is InChI=1S/C12H17F3O2.C2H2/c1-10(7-8-11(2)16)6-4-3-5-9-17-12(13,14)15;1-2/h3,5-6H,4,7-9H2,1-2H3;1-2H/b5-3-,10-6+;. The summed E-state index contributed by atoms with van der Waals surface area (Å²) in [5, 5.41) is 0. The lowest BCUT2D eigenvalue weighted by atomic mass is 10.1. The van der Waals surface area contributed by atoms with Crippen molar-refractivity contribution in [2.45, 2.75) is 39.5 Å². The van der Waals surface area contributed by atoms with Crippen LogP contribution in [0.15, 0.2) is 23.8 Å². The SMILES string of the molecule is C#C.CC(=O)CC/C(C)=C/C/C=C\COC(F)(F)F. The van der Waals surface area contributed by atoms with Crippen LogP contribution in [0.1, 0.15) is 33.1 Å². The number of hydrogen-bond acceptors (Lipinski definition) is 2. The maximum absolute atomic E-state index is 11.6. The van der Waals surface area contributed by atoms with Crippen LogP contribution in [0.25, 0.3) is 0 Å². The molecular formula is C14H19F3O2. The Bertz CT molecular complexity index is 325. The first-order valence-electron chi connectivity index (χ1n) is 5.65. The summed E-state index contributed by atoms with van der Waals surface area (Å²) in [4.78, 5) is 10.7. The molecule has 0 saturated carbocycles. The molecule has 0 spiro atoms. The summed E-state index contributed by atoms with van der Waals surface area (Å²) < 4.78 is 38.3. The molecule has 0 heterocycles. The lowest BCUT2D eigenvalue weighted by molar-refractivity contribution is -0.319. The third kappa shape index (κ3) is 19.0. The Balaban J connectivity index is 0. The summed E-state index contributed by atoms with van der Waals surface area (Å²) in [6, 6.07) is 0. The molecule has 19 heavy (non-hydrogen) atoms. The Labute approximate surface area is 112 Å². The Morgan fingerprint density at radius 2 is 1.74 bits per heavy atom. The molecule has 0 amide bonds. The van der Waals surface area contributed by atoms with Crippen molar-refractivity contribution in [3.8, 4) is 12.8 Å². The van der Waals surface area contributed by atoms with E-state index >= 15 is 0 Å². The molecule has 0 radical (unpaired) electrons. The van der Waals surface area contributed by atoms with Crippen LogP contribution in [-0.4, -0.2) is 18.8 Å². The fourth-order valence-electron chi connectivity index (χ4n) is 1.05. The zero-order chi connectivity index (χ0) is 15.3. The molecule has 0 aliphatic rings. The normalized spacial score (nSPS) is 12.1. The minimum atomic E-state index is -4.57. The van der Waals surface area contributed by atoms with E-state index in [0.29, 0.717) is 19.3 Å². The number of Topliss-reactive ketones (excluding diaryl/α,β-unsaturated/α-hetero) is 1. The van der Waals surface area contributed by atoms with Gasteiger partial charge in [0.05, 0.1) is 6.61 Å². The predicted octanol–water partition coefficient (Wildman–Crippen LogP) is 4.03. The van der Waals surface area contributed by atoms with E-state index in [9.17, 15) is 18.0 Å².